The quantitative estimate of drug-likeness (QED) is 0.673. The van der Waals surface area contributed by atoms with Gasteiger partial charge in [0.2, 0.25) is 5.91 Å². The van der Waals surface area contributed by atoms with E-state index in [0.717, 1.165) is 24.8 Å². The van der Waals surface area contributed by atoms with Crippen molar-refractivity contribution in [1.29, 1.82) is 0 Å². The summed E-state index contributed by atoms with van der Waals surface area (Å²) in [5, 5.41) is 2.61. The van der Waals surface area contributed by atoms with Crippen LogP contribution in [0.3, 0.4) is 0 Å². The maximum Gasteiger partial charge on any atom is 0.573 e. The number of alkyl halides is 3. The largest absolute Gasteiger partial charge is 0.573 e. The Morgan fingerprint density at radius 2 is 1.97 bits per heavy atom. The molecule has 0 aliphatic carbocycles. The van der Waals surface area contributed by atoms with Gasteiger partial charge < -0.3 is 19.7 Å². The fraction of sp³-hybridized carbons (Fsp3) is 0.619. The Bertz CT molecular complexity index is 694. The zero-order valence-corrected chi connectivity index (χ0v) is 17.3. The van der Waals surface area contributed by atoms with Crippen LogP contribution in [-0.4, -0.2) is 50.0 Å². The van der Waals surface area contributed by atoms with Gasteiger partial charge in [-0.15, -0.1) is 13.2 Å². The highest BCUT2D eigenvalue weighted by molar-refractivity contribution is 5.80. The fourth-order valence-corrected chi connectivity index (χ4v) is 3.79. The number of nitrogens with one attached hydrogen (secondary N) is 1. The number of hydrogen-bond donors (Lipinski definition) is 1. The number of alkyl carbamates (subject to hydrolysis) is 1. The SMILES string of the molecule is CCC[C@H](CNC(=O)OC)C(=O)N1CCC[C@@H](Cc2ccc(OC(F)(F)F)cc2)C1. The van der Waals surface area contributed by atoms with Gasteiger partial charge in [0, 0.05) is 19.6 Å². The molecule has 1 heterocycles. The highest BCUT2D eigenvalue weighted by atomic mass is 19.4. The Morgan fingerprint density at radius 3 is 2.57 bits per heavy atom. The first kappa shape index (κ1) is 23.8. The summed E-state index contributed by atoms with van der Waals surface area (Å²) in [6, 6.07) is 5.87. The van der Waals surface area contributed by atoms with E-state index in [1.54, 1.807) is 12.1 Å². The van der Waals surface area contributed by atoms with Crippen molar-refractivity contribution < 1.29 is 32.2 Å². The molecule has 0 aromatic heterocycles. The standard InChI is InChI=1S/C21H29F3N2O4/c1-3-5-17(13-25-20(28)29-2)19(27)26-11-4-6-16(14-26)12-15-7-9-18(10-8-15)30-21(22,23)24/h7-10,16-17H,3-6,11-14H2,1-2H3,(H,25,28)/t16-,17+/m0/s1. The third-order valence-electron chi connectivity index (χ3n) is 5.18. The Morgan fingerprint density at radius 1 is 1.27 bits per heavy atom. The van der Waals surface area contributed by atoms with E-state index in [1.807, 2.05) is 11.8 Å². The average molecular weight is 430 g/mol. The molecule has 1 fully saturated rings. The molecular formula is C21H29F3N2O4. The molecule has 1 N–H and O–H groups in total. The summed E-state index contributed by atoms with van der Waals surface area (Å²) in [4.78, 5) is 26.2. The molecule has 0 unspecified atom stereocenters. The fourth-order valence-electron chi connectivity index (χ4n) is 3.79. The normalized spacial score (nSPS) is 17.9. The maximum atomic E-state index is 13.0. The summed E-state index contributed by atoms with van der Waals surface area (Å²) in [6.07, 6.45) is -1.27. The van der Waals surface area contributed by atoms with Crippen molar-refractivity contribution in [1.82, 2.24) is 10.2 Å². The first-order valence-corrected chi connectivity index (χ1v) is 10.2. The molecule has 2 amide bonds. The van der Waals surface area contributed by atoms with Crippen LogP contribution >= 0.6 is 0 Å². The van der Waals surface area contributed by atoms with Gasteiger partial charge in [0.25, 0.3) is 0 Å². The summed E-state index contributed by atoms with van der Waals surface area (Å²) < 4.78 is 45.3. The first-order chi connectivity index (χ1) is 14.2. The zero-order chi connectivity index (χ0) is 22.1. The van der Waals surface area contributed by atoms with E-state index >= 15 is 0 Å². The first-order valence-electron chi connectivity index (χ1n) is 10.2. The zero-order valence-electron chi connectivity index (χ0n) is 17.3. The van der Waals surface area contributed by atoms with Crippen molar-refractivity contribution in [3.05, 3.63) is 29.8 Å². The van der Waals surface area contributed by atoms with Crippen LogP contribution in [-0.2, 0) is 16.0 Å². The molecule has 2 rings (SSSR count). The number of nitrogens with zero attached hydrogens (tertiary/aromatic N) is 1. The monoisotopic (exact) mass is 430 g/mol. The second-order valence-electron chi connectivity index (χ2n) is 7.55. The third-order valence-corrected chi connectivity index (χ3v) is 5.18. The number of rotatable bonds is 8. The molecule has 6 nitrogen and oxygen atoms in total. The minimum Gasteiger partial charge on any atom is -0.453 e. The van der Waals surface area contributed by atoms with E-state index in [9.17, 15) is 22.8 Å². The van der Waals surface area contributed by atoms with Crippen LogP contribution in [0.15, 0.2) is 24.3 Å². The lowest BCUT2D eigenvalue weighted by molar-refractivity contribution is -0.274. The van der Waals surface area contributed by atoms with Crippen molar-refractivity contribution in [2.24, 2.45) is 11.8 Å². The Labute approximate surface area is 174 Å². The lowest BCUT2D eigenvalue weighted by Crippen LogP contribution is -2.46. The highest BCUT2D eigenvalue weighted by Crippen LogP contribution is 2.26. The molecule has 0 saturated carbocycles. The number of carbonyl (C=O) groups is 2. The van der Waals surface area contributed by atoms with Gasteiger partial charge in [-0.2, -0.15) is 0 Å². The van der Waals surface area contributed by atoms with Crippen molar-refractivity contribution >= 4 is 12.0 Å². The van der Waals surface area contributed by atoms with Gasteiger partial charge in [-0.1, -0.05) is 25.5 Å². The van der Waals surface area contributed by atoms with Crippen LogP contribution < -0.4 is 10.1 Å². The van der Waals surface area contributed by atoms with Crippen LogP contribution in [0.25, 0.3) is 0 Å². The Kier molecular flexibility index (Phi) is 8.80. The number of amides is 2. The molecule has 0 spiro atoms. The summed E-state index contributed by atoms with van der Waals surface area (Å²) >= 11 is 0. The smallest absolute Gasteiger partial charge is 0.453 e. The number of benzene rings is 1. The molecule has 168 valence electrons. The molecule has 1 saturated heterocycles. The van der Waals surface area contributed by atoms with Crippen LogP contribution in [0.5, 0.6) is 5.75 Å². The van der Waals surface area contributed by atoms with Crippen LogP contribution in [0.4, 0.5) is 18.0 Å². The maximum absolute atomic E-state index is 13.0. The average Bonchev–Trinajstić information content (AvgIpc) is 2.71. The van der Waals surface area contributed by atoms with Gasteiger partial charge >= 0.3 is 12.5 Å². The van der Waals surface area contributed by atoms with Gasteiger partial charge in [-0.05, 0) is 49.3 Å². The molecule has 30 heavy (non-hydrogen) atoms. The predicted octanol–water partition coefficient (Wildman–Crippen LogP) is 4.14. The molecule has 1 aromatic rings. The van der Waals surface area contributed by atoms with Crippen molar-refractivity contribution in [3.63, 3.8) is 0 Å². The van der Waals surface area contributed by atoms with Gasteiger partial charge in [-0.3, -0.25) is 4.79 Å². The molecule has 1 aliphatic rings. The Hall–Kier alpha value is -2.45. The van der Waals surface area contributed by atoms with Crippen LogP contribution in [0, 0.1) is 11.8 Å². The van der Waals surface area contributed by atoms with Crippen molar-refractivity contribution in [3.8, 4) is 5.75 Å². The van der Waals surface area contributed by atoms with E-state index < -0.39 is 12.5 Å². The number of ether oxygens (including phenoxy) is 2. The summed E-state index contributed by atoms with van der Waals surface area (Å²) in [5.74, 6) is -0.293. The highest BCUT2D eigenvalue weighted by Gasteiger charge is 2.31. The third kappa shape index (κ3) is 7.76. The summed E-state index contributed by atoms with van der Waals surface area (Å²) in [5.41, 5.74) is 0.904. The van der Waals surface area contributed by atoms with E-state index in [-0.39, 0.29) is 30.0 Å². The molecule has 0 bridgehead atoms. The number of likely N-dealkylation sites (tertiary alicyclic amines) is 1. The second-order valence-corrected chi connectivity index (χ2v) is 7.55. The van der Waals surface area contributed by atoms with Gasteiger partial charge in [0.1, 0.15) is 5.75 Å². The number of piperidine rings is 1. The minimum atomic E-state index is -4.70. The van der Waals surface area contributed by atoms with Crippen LogP contribution in [0.1, 0.15) is 38.2 Å². The van der Waals surface area contributed by atoms with Crippen LogP contribution in [0.2, 0.25) is 0 Å². The number of methoxy groups -OCH3 is 1. The van der Waals surface area contributed by atoms with Crippen molar-refractivity contribution in [2.45, 2.75) is 45.4 Å². The van der Waals surface area contributed by atoms with E-state index in [4.69, 9.17) is 0 Å². The van der Waals surface area contributed by atoms with E-state index in [2.05, 4.69) is 14.8 Å². The topological polar surface area (TPSA) is 67.9 Å². The summed E-state index contributed by atoms with van der Waals surface area (Å²) in [6.45, 7) is 3.50. The molecule has 1 aromatic carbocycles. The van der Waals surface area contributed by atoms with E-state index in [1.165, 1.54) is 19.2 Å². The molecule has 0 radical (unpaired) electrons. The molecule has 9 heteroatoms. The Balaban J connectivity index is 1.93. The van der Waals surface area contributed by atoms with Gasteiger partial charge in [0.05, 0.1) is 13.0 Å². The number of carbonyl (C=O) groups excluding carboxylic acids is 2. The number of hydrogen-bond acceptors (Lipinski definition) is 4. The van der Waals surface area contributed by atoms with Gasteiger partial charge in [0.15, 0.2) is 0 Å². The summed E-state index contributed by atoms with van der Waals surface area (Å²) in [7, 11) is 1.28. The molecule has 2 atom stereocenters. The van der Waals surface area contributed by atoms with E-state index in [0.29, 0.717) is 25.9 Å². The predicted molar refractivity (Wildman–Crippen MR) is 105 cm³/mol. The number of halogens is 3. The lowest BCUT2D eigenvalue weighted by Gasteiger charge is -2.35. The molecule has 1 aliphatic heterocycles. The second kappa shape index (κ2) is 11.1. The van der Waals surface area contributed by atoms with Gasteiger partial charge in [-0.25, -0.2) is 4.79 Å². The molecular weight excluding hydrogens is 401 g/mol. The minimum absolute atomic E-state index is 0.0203. The van der Waals surface area contributed by atoms with Crippen molar-refractivity contribution in [2.75, 3.05) is 26.7 Å². The lowest BCUT2D eigenvalue weighted by atomic mass is 9.90.